The van der Waals surface area contributed by atoms with Crippen LogP contribution in [0.3, 0.4) is 0 Å². The number of carbonyl (C=O) groups is 1. The summed E-state index contributed by atoms with van der Waals surface area (Å²) in [4.78, 5) is 12.1. The fourth-order valence-electron chi connectivity index (χ4n) is 2.48. The van der Waals surface area contributed by atoms with E-state index in [1.807, 2.05) is 0 Å². The van der Waals surface area contributed by atoms with Crippen molar-refractivity contribution >= 4 is 26.7 Å². The van der Waals surface area contributed by atoms with Crippen molar-refractivity contribution in [1.82, 2.24) is 5.43 Å². The van der Waals surface area contributed by atoms with Crippen molar-refractivity contribution in [3.05, 3.63) is 0 Å². The van der Waals surface area contributed by atoms with Gasteiger partial charge in [0.25, 0.3) is 5.02 Å². The first kappa shape index (κ1) is 22.5. The monoisotopic (exact) mass is 398 g/mol. The third-order valence-corrected chi connectivity index (χ3v) is 9.72. The van der Waals surface area contributed by atoms with Crippen molar-refractivity contribution in [3.8, 4) is 0 Å². The maximum atomic E-state index is 13.6. The average Bonchev–Trinajstić information content (AvgIpc) is 3.03. The number of hydrazone groups is 1. The molecule has 146 valence electrons. The Bertz CT molecular complexity index is 544. The number of rotatable bonds is 12. The first-order valence-electron chi connectivity index (χ1n) is 8.44. The minimum atomic E-state index is -4.06. The molecule has 0 aromatic heterocycles. The largest absolute Gasteiger partial charge is 0.370 e. The van der Waals surface area contributed by atoms with Gasteiger partial charge in [0.15, 0.2) is 5.78 Å². The van der Waals surface area contributed by atoms with Crippen molar-refractivity contribution in [2.75, 3.05) is 26.4 Å². The third-order valence-electron chi connectivity index (χ3n) is 3.53. The quantitative estimate of drug-likeness (QED) is 0.497. The Morgan fingerprint density at radius 3 is 1.68 bits per heavy atom. The summed E-state index contributed by atoms with van der Waals surface area (Å²) in [6, 6.07) is 0. The fourth-order valence-corrected chi connectivity index (χ4v) is 7.77. The zero-order chi connectivity index (χ0) is 19.1. The maximum absolute atomic E-state index is 13.6. The van der Waals surface area contributed by atoms with E-state index in [0.717, 1.165) is 0 Å². The number of hydrogen-bond acceptors (Lipinski definition) is 9. The molecule has 11 heteroatoms. The molecular weight excluding hydrogens is 370 g/mol. The predicted molar refractivity (Wildman–Crippen MR) is 94.9 cm³/mol. The number of carbonyl (C=O) groups excluding carboxylic acids is 1. The number of hydrogen-bond donors (Lipinski definition) is 1. The normalized spacial score (nSPS) is 17.2. The van der Waals surface area contributed by atoms with Gasteiger partial charge in [-0.25, -0.2) is 0 Å². The molecule has 1 heterocycles. The number of Topliss-reactive ketones (excluding diaryl/α,β-unsaturated/α-hetero) is 1. The zero-order valence-corrected chi connectivity index (χ0v) is 17.2. The summed E-state index contributed by atoms with van der Waals surface area (Å²) in [6.45, 7) is 8.44. The highest BCUT2D eigenvalue weighted by Gasteiger charge is 2.68. The molecule has 0 fully saturated rings. The minimum absolute atomic E-state index is 0.0516. The minimum Gasteiger partial charge on any atom is -0.307 e. The number of nitrogens with one attached hydrogen (secondary N) is 1. The van der Waals surface area contributed by atoms with Crippen molar-refractivity contribution in [1.29, 1.82) is 0 Å². The van der Waals surface area contributed by atoms with Crippen LogP contribution in [-0.2, 0) is 32.0 Å². The second kappa shape index (κ2) is 9.40. The van der Waals surface area contributed by atoms with Gasteiger partial charge in [-0.15, -0.1) is 0 Å². The lowest BCUT2D eigenvalue weighted by Gasteiger charge is -2.38. The molecule has 1 rings (SSSR count). The Labute approximate surface area is 148 Å². The smallest absolute Gasteiger partial charge is 0.307 e. The molecular formula is C14H28N2O7P2. The topological polar surface area (TPSA) is 113 Å². The van der Waals surface area contributed by atoms with Gasteiger partial charge in [0, 0.05) is 12.8 Å². The summed E-state index contributed by atoms with van der Waals surface area (Å²) in [5, 5.41) is 2.08. The second-order valence-corrected chi connectivity index (χ2v) is 10.0. The molecule has 0 unspecified atom stereocenters. The molecule has 25 heavy (non-hydrogen) atoms. The van der Waals surface area contributed by atoms with Gasteiger partial charge >= 0.3 is 15.2 Å². The van der Waals surface area contributed by atoms with Gasteiger partial charge in [-0.1, -0.05) is 6.92 Å². The molecule has 0 saturated carbocycles. The lowest BCUT2D eigenvalue weighted by Crippen LogP contribution is -2.42. The highest BCUT2D eigenvalue weighted by Crippen LogP contribution is 2.78. The van der Waals surface area contributed by atoms with Crippen LogP contribution in [0.4, 0.5) is 0 Å². The van der Waals surface area contributed by atoms with Crippen LogP contribution >= 0.6 is 15.2 Å². The van der Waals surface area contributed by atoms with Crippen LogP contribution < -0.4 is 5.43 Å². The van der Waals surface area contributed by atoms with Crippen LogP contribution in [0, 0.1) is 0 Å². The Balaban J connectivity index is 3.50. The summed E-state index contributed by atoms with van der Waals surface area (Å²) < 4.78 is 48.8. The molecule has 1 aliphatic heterocycles. The number of nitrogens with zero attached hydrogens (tertiary/aromatic N) is 1. The Morgan fingerprint density at radius 2 is 1.36 bits per heavy atom. The van der Waals surface area contributed by atoms with E-state index in [-0.39, 0.29) is 50.8 Å². The van der Waals surface area contributed by atoms with Gasteiger partial charge in [0.1, 0.15) is 5.71 Å². The van der Waals surface area contributed by atoms with Crippen molar-refractivity contribution in [2.45, 2.75) is 52.5 Å². The summed E-state index contributed by atoms with van der Waals surface area (Å²) in [5.41, 5.74) is 2.71. The molecule has 1 aliphatic rings. The molecule has 0 atom stereocenters. The van der Waals surface area contributed by atoms with Crippen LogP contribution in [0.2, 0.25) is 0 Å². The van der Waals surface area contributed by atoms with E-state index in [1.54, 1.807) is 34.6 Å². The van der Waals surface area contributed by atoms with E-state index in [4.69, 9.17) is 18.1 Å². The maximum Gasteiger partial charge on any atom is 0.370 e. The van der Waals surface area contributed by atoms with Crippen molar-refractivity contribution < 1.29 is 32.0 Å². The molecule has 0 spiro atoms. The molecule has 9 nitrogen and oxygen atoms in total. The third kappa shape index (κ3) is 4.24. The summed E-state index contributed by atoms with van der Waals surface area (Å²) >= 11 is 0. The molecule has 0 aromatic carbocycles. The summed E-state index contributed by atoms with van der Waals surface area (Å²) in [5.74, 6) is -0.256. The predicted octanol–water partition coefficient (Wildman–Crippen LogP) is 3.50. The summed E-state index contributed by atoms with van der Waals surface area (Å²) in [6.07, 6.45) is -0.0219. The highest BCUT2D eigenvalue weighted by atomic mass is 31.2. The molecule has 0 radical (unpaired) electrons. The Hall–Kier alpha value is -0.560. The van der Waals surface area contributed by atoms with Crippen LogP contribution in [0.25, 0.3) is 0 Å². The van der Waals surface area contributed by atoms with Crippen LogP contribution in [-0.4, -0.2) is 42.9 Å². The fraction of sp³-hybridized carbons (Fsp3) is 0.857. The molecule has 0 aromatic rings. The first-order chi connectivity index (χ1) is 11.8. The average molecular weight is 398 g/mol. The molecule has 1 N–H and O–H groups in total. The standard InChI is InChI=1S/C14H28N2O7P2/c1-6-13(17)12-11-14(16-15-12,24(18,20-7-2)21-8-3)25(19,22-9-4)23-10-5/h16H,6-11H2,1-5H3. The van der Waals surface area contributed by atoms with Crippen molar-refractivity contribution in [3.63, 3.8) is 0 Å². The van der Waals surface area contributed by atoms with E-state index < -0.39 is 20.2 Å². The van der Waals surface area contributed by atoms with Gasteiger partial charge in [-0.2, -0.15) is 5.10 Å². The van der Waals surface area contributed by atoms with Gasteiger partial charge < -0.3 is 18.1 Å². The van der Waals surface area contributed by atoms with E-state index in [9.17, 15) is 13.9 Å². The van der Waals surface area contributed by atoms with E-state index in [1.165, 1.54) is 0 Å². The van der Waals surface area contributed by atoms with Gasteiger partial charge in [0.2, 0.25) is 0 Å². The number of ketones is 1. The van der Waals surface area contributed by atoms with Gasteiger partial charge in [-0.3, -0.25) is 19.4 Å². The lowest BCUT2D eigenvalue weighted by molar-refractivity contribution is -0.112. The lowest BCUT2D eigenvalue weighted by atomic mass is 10.1. The van der Waals surface area contributed by atoms with E-state index in [2.05, 4.69) is 10.5 Å². The molecule has 0 aliphatic carbocycles. The zero-order valence-electron chi connectivity index (χ0n) is 15.4. The Morgan fingerprint density at radius 1 is 0.960 bits per heavy atom. The van der Waals surface area contributed by atoms with Crippen LogP contribution in [0.1, 0.15) is 47.5 Å². The van der Waals surface area contributed by atoms with E-state index >= 15 is 0 Å². The van der Waals surface area contributed by atoms with E-state index in [0.29, 0.717) is 0 Å². The van der Waals surface area contributed by atoms with Gasteiger partial charge in [-0.05, 0) is 27.7 Å². The van der Waals surface area contributed by atoms with Gasteiger partial charge in [0.05, 0.1) is 26.4 Å². The molecule has 0 bridgehead atoms. The Kier molecular flexibility index (Phi) is 8.45. The SMILES string of the molecule is CCOP(=O)(OCC)C1(P(=O)(OCC)OCC)CC(C(=O)CC)=NN1. The van der Waals surface area contributed by atoms with Crippen molar-refractivity contribution in [2.24, 2.45) is 5.10 Å². The van der Waals surface area contributed by atoms with Crippen LogP contribution in [0.5, 0.6) is 0 Å². The van der Waals surface area contributed by atoms with Crippen LogP contribution in [0.15, 0.2) is 5.10 Å². The summed E-state index contributed by atoms with van der Waals surface area (Å²) in [7, 11) is -8.11. The first-order valence-corrected chi connectivity index (χ1v) is 11.5. The second-order valence-electron chi connectivity index (χ2n) is 5.11. The molecule has 0 saturated heterocycles. The highest BCUT2D eigenvalue weighted by molar-refractivity contribution is 7.74. The molecule has 0 amide bonds.